The van der Waals surface area contributed by atoms with E-state index in [-0.39, 0.29) is 5.78 Å². The molecule has 0 bridgehead atoms. The van der Waals surface area contributed by atoms with Crippen LogP contribution in [-0.2, 0) is 7.05 Å². The summed E-state index contributed by atoms with van der Waals surface area (Å²) in [6.45, 7) is 10.0. The smallest absolute Gasteiger partial charge is 0.197 e. The minimum absolute atomic E-state index is 0.0219. The van der Waals surface area contributed by atoms with Crippen molar-refractivity contribution in [1.29, 1.82) is 0 Å². The Bertz CT molecular complexity index is 951. The summed E-state index contributed by atoms with van der Waals surface area (Å²) in [5.74, 6) is 0.0219. The molecule has 0 N–H and O–H groups in total. The van der Waals surface area contributed by atoms with E-state index in [1.165, 1.54) is 0 Å². The number of aryl methyl sites for hydroxylation is 5. The second-order valence-corrected chi connectivity index (χ2v) is 6.18. The van der Waals surface area contributed by atoms with Crippen LogP contribution in [-0.4, -0.2) is 20.5 Å². The van der Waals surface area contributed by atoms with E-state index in [0.717, 1.165) is 44.5 Å². The maximum absolute atomic E-state index is 13.1. The van der Waals surface area contributed by atoms with Gasteiger partial charge in [0.2, 0.25) is 0 Å². The topological polar surface area (TPSA) is 47.8 Å². The van der Waals surface area contributed by atoms with Crippen molar-refractivity contribution in [2.24, 2.45) is 7.05 Å². The van der Waals surface area contributed by atoms with Gasteiger partial charge in [-0.25, -0.2) is 0 Å². The zero-order valence-corrected chi connectivity index (χ0v) is 14.5. The SMILES string of the molecule is Cc1nc(C)c2c(C)ccc(C(=O)c3cnn(C)c3C)c2c1C. The highest BCUT2D eigenvalue weighted by Crippen LogP contribution is 2.31. The minimum atomic E-state index is 0.0219. The van der Waals surface area contributed by atoms with E-state index < -0.39 is 0 Å². The summed E-state index contributed by atoms with van der Waals surface area (Å²) in [6.07, 6.45) is 1.65. The van der Waals surface area contributed by atoms with Crippen LogP contribution in [0.2, 0.25) is 0 Å². The number of benzene rings is 1. The predicted octanol–water partition coefficient (Wildman–Crippen LogP) is 3.74. The van der Waals surface area contributed by atoms with Crippen LogP contribution in [0.3, 0.4) is 0 Å². The summed E-state index contributed by atoms with van der Waals surface area (Å²) < 4.78 is 1.73. The Kier molecular flexibility index (Phi) is 3.55. The molecule has 4 nitrogen and oxygen atoms in total. The molecule has 118 valence electrons. The second-order valence-electron chi connectivity index (χ2n) is 6.18. The number of aromatic nitrogens is 3. The summed E-state index contributed by atoms with van der Waals surface area (Å²) in [5, 5.41) is 6.30. The van der Waals surface area contributed by atoms with E-state index in [0.29, 0.717) is 5.56 Å². The first-order chi connectivity index (χ1) is 10.8. The highest BCUT2D eigenvalue weighted by molar-refractivity contribution is 6.18. The van der Waals surface area contributed by atoms with Crippen LogP contribution in [0.25, 0.3) is 10.8 Å². The lowest BCUT2D eigenvalue weighted by Crippen LogP contribution is -2.07. The van der Waals surface area contributed by atoms with Crippen molar-refractivity contribution < 1.29 is 4.79 Å². The highest BCUT2D eigenvalue weighted by atomic mass is 16.1. The lowest BCUT2D eigenvalue weighted by Gasteiger charge is -2.14. The molecule has 2 heterocycles. The van der Waals surface area contributed by atoms with Gasteiger partial charge in [0, 0.05) is 35.1 Å². The third-order valence-corrected chi connectivity index (χ3v) is 4.75. The van der Waals surface area contributed by atoms with Crippen molar-refractivity contribution in [2.45, 2.75) is 34.6 Å². The molecule has 0 amide bonds. The summed E-state index contributed by atoms with van der Waals surface area (Å²) in [4.78, 5) is 17.7. The molecule has 0 fully saturated rings. The van der Waals surface area contributed by atoms with Crippen molar-refractivity contribution in [3.63, 3.8) is 0 Å². The molecule has 0 spiro atoms. The quantitative estimate of drug-likeness (QED) is 0.678. The van der Waals surface area contributed by atoms with Crippen LogP contribution >= 0.6 is 0 Å². The Morgan fingerprint density at radius 2 is 1.65 bits per heavy atom. The molecule has 0 radical (unpaired) electrons. The monoisotopic (exact) mass is 307 g/mol. The predicted molar refractivity (Wildman–Crippen MR) is 92.1 cm³/mol. The molecule has 3 rings (SSSR count). The van der Waals surface area contributed by atoms with Crippen LogP contribution in [0, 0.1) is 34.6 Å². The van der Waals surface area contributed by atoms with Crippen LogP contribution in [0.5, 0.6) is 0 Å². The fraction of sp³-hybridized carbons (Fsp3) is 0.316. The van der Waals surface area contributed by atoms with Gasteiger partial charge in [0.05, 0.1) is 11.8 Å². The largest absolute Gasteiger partial charge is 0.288 e. The first kappa shape index (κ1) is 15.4. The lowest BCUT2D eigenvalue weighted by molar-refractivity contribution is 0.103. The van der Waals surface area contributed by atoms with E-state index in [4.69, 9.17) is 0 Å². The molecular formula is C19H21N3O. The first-order valence-electron chi connectivity index (χ1n) is 7.73. The minimum Gasteiger partial charge on any atom is -0.288 e. The Morgan fingerprint density at radius 3 is 2.26 bits per heavy atom. The number of pyridine rings is 1. The molecule has 0 aliphatic heterocycles. The van der Waals surface area contributed by atoms with Gasteiger partial charge >= 0.3 is 0 Å². The summed E-state index contributed by atoms with van der Waals surface area (Å²) in [6, 6.07) is 3.93. The standard InChI is InChI=1S/C19H21N3O/c1-10-7-8-15(19(23)16-9-20-22(6)14(16)5)18-11(2)12(3)21-13(4)17(10)18/h7-9H,1-6H3. The fourth-order valence-corrected chi connectivity index (χ4v) is 3.19. The van der Waals surface area contributed by atoms with Gasteiger partial charge in [0.1, 0.15) is 0 Å². The van der Waals surface area contributed by atoms with Crippen LogP contribution in [0.4, 0.5) is 0 Å². The van der Waals surface area contributed by atoms with Crippen molar-refractivity contribution >= 4 is 16.6 Å². The molecule has 4 heteroatoms. The van der Waals surface area contributed by atoms with Gasteiger partial charge in [0.15, 0.2) is 5.78 Å². The molecule has 0 saturated heterocycles. The fourth-order valence-electron chi connectivity index (χ4n) is 3.19. The zero-order chi connectivity index (χ0) is 16.9. The number of nitrogens with zero attached hydrogens (tertiary/aromatic N) is 3. The highest BCUT2D eigenvalue weighted by Gasteiger charge is 2.20. The van der Waals surface area contributed by atoms with Gasteiger partial charge < -0.3 is 0 Å². The molecule has 0 aliphatic rings. The Morgan fingerprint density at radius 1 is 0.957 bits per heavy atom. The molecule has 0 aliphatic carbocycles. The molecule has 23 heavy (non-hydrogen) atoms. The van der Waals surface area contributed by atoms with E-state index in [9.17, 15) is 4.79 Å². The molecule has 3 aromatic rings. The Labute approximate surface area is 136 Å². The van der Waals surface area contributed by atoms with Gasteiger partial charge in [-0.1, -0.05) is 12.1 Å². The maximum atomic E-state index is 13.1. The van der Waals surface area contributed by atoms with Crippen LogP contribution in [0.1, 0.15) is 44.1 Å². The molecule has 0 unspecified atom stereocenters. The van der Waals surface area contributed by atoms with E-state index in [1.54, 1.807) is 10.9 Å². The number of carbonyl (C=O) groups excluding carboxylic acids is 1. The van der Waals surface area contributed by atoms with Gasteiger partial charge in [-0.05, 0) is 51.1 Å². The number of fused-ring (bicyclic) bond motifs is 1. The average Bonchev–Trinajstić information content (AvgIpc) is 2.83. The van der Waals surface area contributed by atoms with Gasteiger partial charge in [-0.2, -0.15) is 5.10 Å². The third-order valence-electron chi connectivity index (χ3n) is 4.75. The maximum Gasteiger partial charge on any atom is 0.197 e. The number of rotatable bonds is 2. The first-order valence-corrected chi connectivity index (χ1v) is 7.73. The third kappa shape index (κ3) is 2.25. The van der Waals surface area contributed by atoms with Crippen molar-refractivity contribution in [3.05, 3.63) is 57.7 Å². The normalized spacial score (nSPS) is 11.2. The molecule has 1 aromatic carbocycles. The van der Waals surface area contributed by atoms with Gasteiger partial charge in [-0.15, -0.1) is 0 Å². The molecule has 2 aromatic heterocycles. The summed E-state index contributed by atoms with van der Waals surface area (Å²) in [7, 11) is 1.85. The number of hydrogen-bond donors (Lipinski definition) is 0. The Balaban J connectivity index is 2.37. The molecule has 0 atom stereocenters. The second kappa shape index (κ2) is 5.30. The van der Waals surface area contributed by atoms with Gasteiger partial charge in [-0.3, -0.25) is 14.5 Å². The zero-order valence-electron chi connectivity index (χ0n) is 14.5. The van der Waals surface area contributed by atoms with Crippen molar-refractivity contribution in [2.75, 3.05) is 0 Å². The number of hydrogen-bond acceptors (Lipinski definition) is 3. The van der Waals surface area contributed by atoms with E-state index in [1.807, 2.05) is 46.9 Å². The molecule has 0 saturated carbocycles. The number of carbonyl (C=O) groups is 1. The van der Waals surface area contributed by atoms with Crippen molar-refractivity contribution in [1.82, 2.24) is 14.8 Å². The average molecular weight is 307 g/mol. The van der Waals surface area contributed by atoms with Crippen LogP contribution < -0.4 is 0 Å². The van der Waals surface area contributed by atoms with Crippen molar-refractivity contribution in [3.8, 4) is 0 Å². The molecular weight excluding hydrogens is 286 g/mol. The lowest BCUT2D eigenvalue weighted by atomic mass is 9.91. The Hall–Kier alpha value is -2.49. The summed E-state index contributed by atoms with van der Waals surface area (Å²) in [5.41, 5.74) is 6.42. The number of ketones is 1. The van der Waals surface area contributed by atoms with Gasteiger partial charge in [0.25, 0.3) is 0 Å². The van der Waals surface area contributed by atoms with Crippen LogP contribution in [0.15, 0.2) is 18.3 Å². The summed E-state index contributed by atoms with van der Waals surface area (Å²) >= 11 is 0. The van der Waals surface area contributed by atoms with E-state index in [2.05, 4.69) is 17.0 Å². The van der Waals surface area contributed by atoms with E-state index >= 15 is 0 Å².